The summed E-state index contributed by atoms with van der Waals surface area (Å²) in [5.41, 5.74) is 5.39. The normalized spacial score (nSPS) is 36.8. The topological polar surface area (TPSA) is 46.2 Å². The molecule has 0 radical (unpaired) electrons. The summed E-state index contributed by atoms with van der Waals surface area (Å²) < 4.78 is 0. The molecule has 48 valence electrons. The van der Waals surface area contributed by atoms with Gasteiger partial charge in [-0.25, -0.2) is 0 Å². The number of hydrogen-bond acceptors (Lipinski definition) is 2. The maximum atomic E-state index is 8.63. The quantitative estimate of drug-likeness (QED) is 0.530. The van der Waals surface area contributed by atoms with Crippen LogP contribution in [0.15, 0.2) is 0 Å². The van der Waals surface area contributed by atoms with Gasteiger partial charge in [-0.05, 0) is 31.2 Å². The highest BCUT2D eigenvalue weighted by Crippen LogP contribution is 2.32. The van der Waals surface area contributed by atoms with Crippen LogP contribution in [0, 0.1) is 11.8 Å². The Morgan fingerprint density at radius 2 is 2.00 bits per heavy atom. The van der Waals surface area contributed by atoms with Gasteiger partial charge in [0.1, 0.15) is 0 Å². The van der Waals surface area contributed by atoms with E-state index in [2.05, 4.69) is 0 Å². The number of aliphatic hydroxyl groups excluding tert-OH is 1. The van der Waals surface area contributed by atoms with Gasteiger partial charge >= 0.3 is 0 Å². The molecule has 0 unspecified atom stereocenters. The van der Waals surface area contributed by atoms with Gasteiger partial charge in [0.25, 0.3) is 0 Å². The Morgan fingerprint density at radius 1 is 1.38 bits per heavy atom. The van der Waals surface area contributed by atoms with Crippen molar-refractivity contribution in [3.05, 3.63) is 0 Å². The van der Waals surface area contributed by atoms with Crippen LogP contribution >= 0.6 is 0 Å². The first-order valence-corrected chi connectivity index (χ1v) is 3.19. The molecular formula is C6H13NO. The van der Waals surface area contributed by atoms with Crippen LogP contribution in [-0.2, 0) is 0 Å². The van der Waals surface area contributed by atoms with E-state index in [0.717, 1.165) is 6.54 Å². The van der Waals surface area contributed by atoms with Crippen molar-refractivity contribution >= 4 is 0 Å². The lowest BCUT2D eigenvalue weighted by atomic mass is 9.74. The van der Waals surface area contributed by atoms with Crippen LogP contribution in [0.5, 0.6) is 0 Å². The van der Waals surface area contributed by atoms with Crippen molar-refractivity contribution in [1.82, 2.24) is 0 Å². The van der Waals surface area contributed by atoms with Crippen molar-refractivity contribution in [3.8, 4) is 0 Å². The monoisotopic (exact) mass is 115 g/mol. The van der Waals surface area contributed by atoms with Crippen LogP contribution in [0.4, 0.5) is 0 Å². The highest BCUT2D eigenvalue weighted by molar-refractivity contribution is 4.80. The molecule has 0 bridgehead atoms. The second kappa shape index (κ2) is 2.46. The zero-order chi connectivity index (χ0) is 5.98. The van der Waals surface area contributed by atoms with Gasteiger partial charge in [-0.3, -0.25) is 0 Å². The molecule has 1 fully saturated rings. The zero-order valence-electron chi connectivity index (χ0n) is 5.01. The van der Waals surface area contributed by atoms with E-state index in [1.165, 1.54) is 12.8 Å². The van der Waals surface area contributed by atoms with Gasteiger partial charge in [-0.15, -0.1) is 0 Å². The van der Waals surface area contributed by atoms with Crippen LogP contribution in [0.1, 0.15) is 12.8 Å². The lowest BCUT2D eigenvalue weighted by Crippen LogP contribution is -2.34. The molecule has 8 heavy (non-hydrogen) atoms. The number of nitrogens with two attached hydrogens (primary N) is 1. The first-order valence-electron chi connectivity index (χ1n) is 3.19. The zero-order valence-corrected chi connectivity index (χ0v) is 5.01. The standard InChI is InChI=1S/C6H13NO/c7-3-5-1-2-6(5)4-8/h5-6,8H,1-4,7H2/t5-,6-/m0/s1. The number of aliphatic hydroxyl groups is 1. The molecule has 1 aliphatic carbocycles. The van der Waals surface area contributed by atoms with E-state index in [9.17, 15) is 0 Å². The van der Waals surface area contributed by atoms with E-state index >= 15 is 0 Å². The van der Waals surface area contributed by atoms with Crippen molar-refractivity contribution in [2.45, 2.75) is 12.8 Å². The van der Waals surface area contributed by atoms with Gasteiger partial charge in [-0.2, -0.15) is 0 Å². The van der Waals surface area contributed by atoms with E-state index in [-0.39, 0.29) is 0 Å². The maximum Gasteiger partial charge on any atom is 0.0462 e. The second-order valence-electron chi connectivity index (χ2n) is 2.52. The fourth-order valence-electron chi connectivity index (χ4n) is 1.19. The molecule has 0 heterocycles. The Balaban J connectivity index is 2.16. The minimum Gasteiger partial charge on any atom is -0.396 e. The van der Waals surface area contributed by atoms with Gasteiger partial charge in [0.2, 0.25) is 0 Å². The maximum absolute atomic E-state index is 8.63. The van der Waals surface area contributed by atoms with Crippen LogP contribution < -0.4 is 5.73 Å². The summed E-state index contributed by atoms with van der Waals surface area (Å²) >= 11 is 0. The van der Waals surface area contributed by atoms with Crippen molar-refractivity contribution in [1.29, 1.82) is 0 Å². The van der Waals surface area contributed by atoms with E-state index in [4.69, 9.17) is 10.8 Å². The Labute approximate surface area is 49.7 Å². The minimum atomic E-state index is 0.335. The van der Waals surface area contributed by atoms with E-state index in [1.54, 1.807) is 0 Å². The van der Waals surface area contributed by atoms with Crippen LogP contribution in [0.25, 0.3) is 0 Å². The summed E-state index contributed by atoms with van der Waals surface area (Å²) in [6, 6.07) is 0. The van der Waals surface area contributed by atoms with Crippen molar-refractivity contribution < 1.29 is 5.11 Å². The van der Waals surface area contributed by atoms with Crippen molar-refractivity contribution in [2.75, 3.05) is 13.2 Å². The fourth-order valence-corrected chi connectivity index (χ4v) is 1.19. The molecule has 2 heteroatoms. The molecule has 0 saturated heterocycles. The lowest BCUT2D eigenvalue weighted by molar-refractivity contribution is 0.0963. The Morgan fingerprint density at radius 3 is 2.12 bits per heavy atom. The van der Waals surface area contributed by atoms with Gasteiger partial charge in [0.05, 0.1) is 0 Å². The average molecular weight is 115 g/mol. The second-order valence-corrected chi connectivity index (χ2v) is 2.52. The lowest BCUT2D eigenvalue weighted by Gasteiger charge is -2.33. The van der Waals surface area contributed by atoms with Gasteiger partial charge in [0.15, 0.2) is 0 Å². The summed E-state index contributed by atoms with van der Waals surface area (Å²) in [6.45, 7) is 1.09. The third kappa shape index (κ3) is 0.858. The molecule has 1 aliphatic rings. The SMILES string of the molecule is NC[C@@H]1CC[C@H]1CO. The number of hydrogen-bond donors (Lipinski definition) is 2. The van der Waals surface area contributed by atoms with Gasteiger partial charge in [-0.1, -0.05) is 0 Å². The highest BCUT2D eigenvalue weighted by Gasteiger charge is 2.28. The Hall–Kier alpha value is -0.0800. The summed E-state index contributed by atoms with van der Waals surface area (Å²) in [5, 5.41) is 8.63. The molecule has 0 amide bonds. The van der Waals surface area contributed by atoms with Crippen LogP contribution in [-0.4, -0.2) is 18.3 Å². The summed E-state index contributed by atoms with van der Waals surface area (Å²) in [4.78, 5) is 0. The third-order valence-electron chi connectivity index (χ3n) is 2.11. The molecule has 1 rings (SSSR count). The molecule has 0 spiro atoms. The largest absolute Gasteiger partial charge is 0.396 e. The molecule has 2 nitrogen and oxygen atoms in total. The predicted octanol–water partition coefficient (Wildman–Crippen LogP) is -0.0364. The molecule has 0 aromatic rings. The average Bonchev–Trinajstić information content (AvgIpc) is 1.66. The first kappa shape index (κ1) is 6.05. The molecule has 2 atom stereocenters. The van der Waals surface area contributed by atoms with Gasteiger partial charge in [0, 0.05) is 6.61 Å². The molecule has 0 aromatic heterocycles. The minimum absolute atomic E-state index is 0.335. The molecule has 0 aromatic carbocycles. The third-order valence-corrected chi connectivity index (χ3v) is 2.11. The Kier molecular flexibility index (Phi) is 1.86. The van der Waals surface area contributed by atoms with Crippen molar-refractivity contribution in [3.63, 3.8) is 0 Å². The van der Waals surface area contributed by atoms with Crippen LogP contribution in [0.2, 0.25) is 0 Å². The molecule has 0 aliphatic heterocycles. The van der Waals surface area contributed by atoms with Crippen LogP contribution in [0.3, 0.4) is 0 Å². The smallest absolute Gasteiger partial charge is 0.0462 e. The number of rotatable bonds is 2. The van der Waals surface area contributed by atoms with E-state index in [1.807, 2.05) is 0 Å². The van der Waals surface area contributed by atoms with E-state index < -0.39 is 0 Å². The van der Waals surface area contributed by atoms with Crippen molar-refractivity contribution in [2.24, 2.45) is 17.6 Å². The summed E-state index contributed by atoms with van der Waals surface area (Å²) in [7, 11) is 0. The fraction of sp³-hybridized carbons (Fsp3) is 1.00. The Bertz CT molecular complexity index is 60.9. The highest BCUT2D eigenvalue weighted by atomic mass is 16.3. The van der Waals surface area contributed by atoms with Gasteiger partial charge < -0.3 is 10.8 Å². The van der Waals surface area contributed by atoms with E-state index in [0.29, 0.717) is 18.4 Å². The molecule has 3 N–H and O–H groups in total. The summed E-state index contributed by atoms with van der Waals surface area (Å²) in [5.74, 6) is 1.15. The molecule has 1 saturated carbocycles. The predicted molar refractivity (Wildman–Crippen MR) is 32.4 cm³/mol. The summed E-state index contributed by atoms with van der Waals surface area (Å²) in [6.07, 6.45) is 2.40. The first-order chi connectivity index (χ1) is 3.88. The molecular weight excluding hydrogens is 102 g/mol.